The minimum absolute atomic E-state index is 0.288. The highest BCUT2D eigenvalue weighted by Crippen LogP contribution is 2.28. The first-order chi connectivity index (χ1) is 13.4. The van der Waals surface area contributed by atoms with E-state index in [9.17, 15) is 14.4 Å². The number of nitrogens with one attached hydrogen (secondary N) is 2. The second-order valence-corrected chi connectivity index (χ2v) is 7.81. The van der Waals surface area contributed by atoms with Gasteiger partial charge >= 0.3 is 6.03 Å². The maximum Gasteiger partial charge on any atom is 0.325 e. The minimum atomic E-state index is -1.15. The summed E-state index contributed by atoms with van der Waals surface area (Å²) in [5.74, 6) is -0.775. The van der Waals surface area contributed by atoms with Crippen LogP contribution in [-0.2, 0) is 21.5 Å². The zero-order valence-electron chi connectivity index (χ0n) is 15.6. The third kappa shape index (κ3) is 4.42. The van der Waals surface area contributed by atoms with E-state index in [0.29, 0.717) is 12.1 Å². The molecule has 1 atom stereocenters. The number of hydrogen-bond acceptors (Lipinski definition) is 3. The molecule has 1 saturated heterocycles. The van der Waals surface area contributed by atoms with Crippen molar-refractivity contribution in [2.75, 3.05) is 13.1 Å². The summed E-state index contributed by atoms with van der Waals surface area (Å²) in [5, 5.41) is 5.48. The molecule has 28 heavy (non-hydrogen) atoms. The number of amides is 4. The second kappa shape index (κ2) is 8.56. The van der Waals surface area contributed by atoms with E-state index in [0.717, 1.165) is 22.2 Å². The van der Waals surface area contributed by atoms with Gasteiger partial charge in [-0.1, -0.05) is 58.4 Å². The number of rotatable bonds is 7. The fraction of sp³-hybridized carbons (Fsp3) is 0.286. The fourth-order valence-corrected chi connectivity index (χ4v) is 3.67. The third-order valence-corrected chi connectivity index (χ3v) is 5.27. The number of carbonyl (C=O) groups is 3. The molecule has 1 unspecified atom stereocenters. The summed E-state index contributed by atoms with van der Waals surface area (Å²) in [6, 6.07) is 16.5. The largest absolute Gasteiger partial charge is 0.355 e. The van der Waals surface area contributed by atoms with Gasteiger partial charge in [0.2, 0.25) is 5.91 Å². The Morgan fingerprint density at radius 1 is 1.14 bits per heavy atom. The van der Waals surface area contributed by atoms with Crippen molar-refractivity contribution in [3.05, 3.63) is 70.2 Å². The molecule has 6 nitrogen and oxygen atoms in total. The molecule has 2 N–H and O–H groups in total. The van der Waals surface area contributed by atoms with Crippen molar-refractivity contribution in [1.29, 1.82) is 0 Å². The highest BCUT2D eigenvalue weighted by Gasteiger charge is 2.49. The molecule has 2 aromatic rings. The van der Waals surface area contributed by atoms with Crippen molar-refractivity contribution >= 4 is 33.8 Å². The fourth-order valence-electron chi connectivity index (χ4n) is 3.22. The van der Waals surface area contributed by atoms with E-state index < -0.39 is 17.5 Å². The first-order valence-electron chi connectivity index (χ1n) is 9.11. The molecule has 1 heterocycles. The number of carbonyl (C=O) groups excluding carboxylic acids is 3. The maximum atomic E-state index is 12.8. The molecule has 0 aliphatic carbocycles. The summed E-state index contributed by atoms with van der Waals surface area (Å²) in [4.78, 5) is 38.2. The molecular formula is C21H22BrN3O3. The van der Waals surface area contributed by atoms with Gasteiger partial charge in [-0.05, 0) is 43.0 Å². The van der Waals surface area contributed by atoms with E-state index >= 15 is 0 Å². The van der Waals surface area contributed by atoms with Gasteiger partial charge < -0.3 is 10.6 Å². The van der Waals surface area contributed by atoms with Crippen molar-refractivity contribution < 1.29 is 14.4 Å². The zero-order chi connectivity index (χ0) is 20.1. The highest BCUT2D eigenvalue weighted by atomic mass is 79.9. The van der Waals surface area contributed by atoms with Crippen LogP contribution in [0, 0.1) is 0 Å². The standard InChI is InChI=1S/C21H22BrN3O3/c1-21(16-9-3-2-4-10-16)19(27)25(20(28)24-21)14-18(26)23-12-6-8-15-7-5-11-17(22)13-15/h2-5,7,9-11,13H,6,8,12,14H2,1H3,(H,23,26)(H,24,28). The maximum absolute atomic E-state index is 12.8. The van der Waals surface area contributed by atoms with E-state index in [4.69, 9.17) is 0 Å². The average Bonchev–Trinajstić information content (AvgIpc) is 2.90. The smallest absolute Gasteiger partial charge is 0.325 e. The van der Waals surface area contributed by atoms with Crippen LogP contribution in [0.3, 0.4) is 0 Å². The van der Waals surface area contributed by atoms with Crippen LogP contribution in [0.2, 0.25) is 0 Å². The van der Waals surface area contributed by atoms with Crippen molar-refractivity contribution in [3.8, 4) is 0 Å². The van der Waals surface area contributed by atoms with Gasteiger partial charge in [0.25, 0.3) is 5.91 Å². The number of hydrogen-bond donors (Lipinski definition) is 2. The number of aryl methyl sites for hydroxylation is 1. The molecule has 2 aromatic carbocycles. The first kappa shape index (κ1) is 20.1. The Balaban J connectivity index is 1.51. The van der Waals surface area contributed by atoms with Crippen LogP contribution in [0.4, 0.5) is 4.79 Å². The van der Waals surface area contributed by atoms with E-state index in [1.165, 1.54) is 5.56 Å². The predicted octanol–water partition coefficient (Wildman–Crippen LogP) is 2.97. The lowest BCUT2D eigenvalue weighted by Crippen LogP contribution is -2.43. The molecule has 0 saturated carbocycles. The van der Waals surface area contributed by atoms with Gasteiger partial charge in [0.1, 0.15) is 12.1 Å². The van der Waals surface area contributed by atoms with Crippen molar-refractivity contribution in [2.45, 2.75) is 25.3 Å². The summed E-state index contributed by atoms with van der Waals surface area (Å²) in [5.41, 5.74) is 0.709. The molecule has 0 radical (unpaired) electrons. The predicted molar refractivity (Wildman–Crippen MR) is 110 cm³/mol. The molecule has 1 aliphatic heterocycles. The highest BCUT2D eigenvalue weighted by molar-refractivity contribution is 9.10. The lowest BCUT2D eigenvalue weighted by atomic mass is 9.92. The summed E-state index contributed by atoms with van der Waals surface area (Å²) in [6.45, 7) is 1.84. The minimum Gasteiger partial charge on any atom is -0.355 e. The summed E-state index contributed by atoms with van der Waals surface area (Å²) < 4.78 is 1.02. The Bertz CT molecular complexity index is 887. The number of nitrogens with zero attached hydrogens (tertiary/aromatic N) is 1. The Hall–Kier alpha value is -2.67. The van der Waals surface area contributed by atoms with Crippen LogP contribution in [0.1, 0.15) is 24.5 Å². The summed E-state index contributed by atoms with van der Waals surface area (Å²) >= 11 is 3.44. The van der Waals surface area contributed by atoms with Crippen LogP contribution in [0.25, 0.3) is 0 Å². The monoisotopic (exact) mass is 443 g/mol. The third-order valence-electron chi connectivity index (χ3n) is 4.78. The molecule has 1 aliphatic rings. The van der Waals surface area contributed by atoms with Gasteiger partial charge in [0, 0.05) is 11.0 Å². The van der Waals surface area contributed by atoms with Gasteiger partial charge in [-0.2, -0.15) is 0 Å². The van der Waals surface area contributed by atoms with Crippen molar-refractivity contribution in [1.82, 2.24) is 15.5 Å². The van der Waals surface area contributed by atoms with E-state index in [-0.39, 0.29) is 12.5 Å². The zero-order valence-corrected chi connectivity index (χ0v) is 17.2. The molecule has 0 spiro atoms. The van der Waals surface area contributed by atoms with E-state index in [1.54, 1.807) is 31.2 Å². The number of halogens is 1. The van der Waals surface area contributed by atoms with Crippen LogP contribution in [0.15, 0.2) is 59.1 Å². The lowest BCUT2D eigenvalue weighted by molar-refractivity contribution is -0.134. The van der Waals surface area contributed by atoms with Crippen LogP contribution in [-0.4, -0.2) is 35.8 Å². The quantitative estimate of drug-likeness (QED) is 0.509. The molecule has 146 valence electrons. The number of imide groups is 1. The van der Waals surface area contributed by atoms with Gasteiger partial charge in [0.15, 0.2) is 0 Å². The molecule has 0 bridgehead atoms. The van der Waals surface area contributed by atoms with Crippen molar-refractivity contribution in [2.24, 2.45) is 0 Å². The Labute approximate surface area is 172 Å². The molecule has 0 aromatic heterocycles. The van der Waals surface area contributed by atoms with Crippen molar-refractivity contribution in [3.63, 3.8) is 0 Å². The average molecular weight is 444 g/mol. The van der Waals surface area contributed by atoms with E-state index in [1.807, 2.05) is 30.3 Å². The van der Waals surface area contributed by atoms with E-state index in [2.05, 4.69) is 26.6 Å². The van der Waals surface area contributed by atoms with Gasteiger partial charge in [-0.15, -0.1) is 0 Å². The molecule has 7 heteroatoms. The Morgan fingerprint density at radius 2 is 1.89 bits per heavy atom. The van der Waals surface area contributed by atoms with Crippen LogP contribution < -0.4 is 10.6 Å². The Kier molecular flexibility index (Phi) is 6.14. The van der Waals surface area contributed by atoms with Gasteiger partial charge in [-0.25, -0.2) is 4.79 Å². The lowest BCUT2D eigenvalue weighted by Gasteiger charge is -2.22. The second-order valence-electron chi connectivity index (χ2n) is 6.90. The topological polar surface area (TPSA) is 78.5 Å². The summed E-state index contributed by atoms with van der Waals surface area (Å²) in [7, 11) is 0. The number of urea groups is 1. The normalized spacial score (nSPS) is 18.9. The molecule has 1 fully saturated rings. The van der Waals surface area contributed by atoms with Gasteiger partial charge in [0.05, 0.1) is 0 Å². The SMILES string of the molecule is CC1(c2ccccc2)NC(=O)N(CC(=O)NCCCc2cccc(Br)c2)C1=O. The Morgan fingerprint density at radius 3 is 2.61 bits per heavy atom. The molecular weight excluding hydrogens is 422 g/mol. The van der Waals surface area contributed by atoms with Crippen LogP contribution >= 0.6 is 15.9 Å². The van der Waals surface area contributed by atoms with Gasteiger partial charge in [-0.3, -0.25) is 14.5 Å². The molecule has 3 rings (SSSR count). The number of benzene rings is 2. The van der Waals surface area contributed by atoms with Crippen LogP contribution in [0.5, 0.6) is 0 Å². The summed E-state index contributed by atoms with van der Waals surface area (Å²) in [6.07, 6.45) is 1.60. The first-order valence-corrected chi connectivity index (χ1v) is 9.90. The molecule has 4 amide bonds.